The smallest absolute Gasteiger partial charge is 0.0374 e. The maximum absolute atomic E-state index is 4.42. The van der Waals surface area contributed by atoms with E-state index in [2.05, 4.69) is 65.8 Å². The SMILES string of the molecule is [CH2]C[Si]([Si](C)(C)C)([Si](C)(C)C)[Si](C)(C)C. The van der Waals surface area contributed by atoms with Crippen molar-refractivity contribution in [3.8, 4) is 0 Å². The van der Waals surface area contributed by atoms with Crippen LogP contribution in [-0.2, 0) is 0 Å². The van der Waals surface area contributed by atoms with Crippen molar-refractivity contribution in [2.75, 3.05) is 0 Å². The fraction of sp³-hybridized carbons (Fsp3) is 0.909. The van der Waals surface area contributed by atoms with Gasteiger partial charge >= 0.3 is 0 Å². The number of rotatable bonds is 4. The molecule has 91 valence electrons. The van der Waals surface area contributed by atoms with Gasteiger partial charge in [0.1, 0.15) is 0 Å². The first kappa shape index (κ1) is 15.9. The summed E-state index contributed by atoms with van der Waals surface area (Å²) in [6.07, 6.45) is 0. The molecule has 0 heterocycles. The van der Waals surface area contributed by atoms with Crippen molar-refractivity contribution < 1.29 is 0 Å². The molecule has 0 fully saturated rings. The highest BCUT2D eigenvalue weighted by Gasteiger charge is 2.59. The van der Waals surface area contributed by atoms with E-state index in [-0.39, 0.29) is 0 Å². The third-order valence-corrected chi connectivity index (χ3v) is 78.4. The largest absolute Gasteiger partial charge is 0.0718 e. The van der Waals surface area contributed by atoms with Gasteiger partial charge in [0.2, 0.25) is 0 Å². The molecule has 0 saturated carbocycles. The summed E-state index contributed by atoms with van der Waals surface area (Å²) in [5.74, 6) is 0. The van der Waals surface area contributed by atoms with E-state index in [0.29, 0.717) is 0 Å². The molecule has 0 nitrogen and oxygen atoms in total. The minimum atomic E-state index is -1.07. The second kappa shape index (κ2) is 4.27. The lowest BCUT2D eigenvalue weighted by molar-refractivity contribution is 1.60. The third kappa shape index (κ3) is 2.58. The average molecular weight is 276 g/mol. The predicted molar refractivity (Wildman–Crippen MR) is 86.0 cm³/mol. The lowest BCUT2D eigenvalue weighted by atomic mass is 11.0. The van der Waals surface area contributed by atoms with Gasteiger partial charge in [0.15, 0.2) is 0 Å². The van der Waals surface area contributed by atoms with Crippen LogP contribution in [0, 0.1) is 6.92 Å². The van der Waals surface area contributed by atoms with Gasteiger partial charge in [0.25, 0.3) is 0 Å². The Morgan fingerprint density at radius 1 is 0.600 bits per heavy atom. The number of hydrogen-bond acceptors (Lipinski definition) is 0. The van der Waals surface area contributed by atoms with Gasteiger partial charge in [-0.15, -0.1) is 0 Å². The topological polar surface area (TPSA) is 0 Å². The zero-order chi connectivity index (χ0) is 12.7. The minimum Gasteiger partial charge on any atom is -0.0718 e. The van der Waals surface area contributed by atoms with Crippen LogP contribution in [0.4, 0.5) is 0 Å². The highest BCUT2D eigenvalue weighted by atomic mass is 29.9. The van der Waals surface area contributed by atoms with Crippen molar-refractivity contribution in [2.45, 2.75) is 65.0 Å². The monoisotopic (exact) mass is 275 g/mol. The Hall–Kier alpha value is 0.868. The first-order chi connectivity index (χ1) is 6.31. The first-order valence-corrected chi connectivity index (χ1v) is 21.8. The predicted octanol–water partition coefficient (Wildman–Crippen LogP) is 4.52. The zero-order valence-electron chi connectivity index (χ0n) is 12.4. The van der Waals surface area contributed by atoms with E-state index in [4.69, 9.17) is 0 Å². The Balaban J connectivity index is 5.78. The Morgan fingerprint density at radius 2 is 0.800 bits per heavy atom. The molecule has 0 saturated heterocycles. The van der Waals surface area contributed by atoms with E-state index in [9.17, 15) is 0 Å². The molecule has 0 amide bonds. The van der Waals surface area contributed by atoms with Crippen molar-refractivity contribution in [1.82, 2.24) is 0 Å². The molecule has 1 radical (unpaired) electrons. The van der Waals surface area contributed by atoms with Gasteiger partial charge in [-0.2, -0.15) is 0 Å². The van der Waals surface area contributed by atoms with Crippen LogP contribution >= 0.6 is 0 Å². The molecule has 0 aliphatic rings. The second-order valence-electron chi connectivity index (χ2n) is 7.91. The molecule has 0 bridgehead atoms. The van der Waals surface area contributed by atoms with Crippen LogP contribution in [0.25, 0.3) is 0 Å². The van der Waals surface area contributed by atoms with Gasteiger partial charge < -0.3 is 0 Å². The van der Waals surface area contributed by atoms with Crippen LogP contribution in [0.2, 0.25) is 65.0 Å². The molecule has 0 unspecified atom stereocenters. The Bertz CT molecular complexity index is 178. The van der Waals surface area contributed by atoms with Crippen LogP contribution in [-0.4, -0.2) is 29.4 Å². The van der Waals surface area contributed by atoms with Crippen LogP contribution in [0.15, 0.2) is 0 Å². The highest BCUT2D eigenvalue weighted by Crippen LogP contribution is 2.39. The average Bonchev–Trinajstić information content (AvgIpc) is 1.76. The quantitative estimate of drug-likeness (QED) is 0.662. The van der Waals surface area contributed by atoms with Gasteiger partial charge in [-0.25, -0.2) is 0 Å². The molecule has 0 spiro atoms. The van der Waals surface area contributed by atoms with Crippen molar-refractivity contribution in [3.05, 3.63) is 6.92 Å². The van der Waals surface area contributed by atoms with Crippen molar-refractivity contribution >= 4 is 29.4 Å². The summed E-state index contributed by atoms with van der Waals surface area (Å²) in [7, 11) is -3.02. The molecule has 0 aliphatic heterocycles. The van der Waals surface area contributed by atoms with Crippen molar-refractivity contribution in [2.24, 2.45) is 0 Å². The normalized spacial score (nSPS) is 15.6. The number of hydrogen-bond donors (Lipinski definition) is 0. The maximum Gasteiger partial charge on any atom is 0.0374 e. The molecule has 0 aliphatic carbocycles. The summed E-state index contributed by atoms with van der Waals surface area (Å²) in [6.45, 7) is 27.0. The highest BCUT2D eigenvalue weighted by molar-refractivity contribution is 7.89. The van der Waals surface area contributed by atoms with Crippen LogP contribution in [0.1, 0.15) is 0 Å². The van der Waals surface area contributed by atoms with E-state index in [1.54, 1.807) is 0 Å². The fourth-order valence-corrected chi connectivity index (χ4v) is 101. The summed E-state index contributed by atoms with van der Waals surface area (Å²) in [5, 5.41) is 0. The molecule has 0 N–H and O–H groups in total. The van der Waals surface area contributed by atoms with Gasteiger partial charge in [0.05, 0.1) is 0 Å². The summed E-state index contributed by atoms with van der Waals surface area (Å²) < 4.78 is 0. The summed E-state index contributed by atoms with van der Waals surface area (Å²) >= 11 is 0. The molecule has 0 aromatic rings. The van der Waals surface area contributed by atoms with Crippen molar-refractivity contribution in [3.63, 3.8) is 0 Å². The van der Waals surface area contributed by atoms with E-state index in [1.165, 1.54) is 6.04 Å². The van der Waals surface area contributed by atoms with Crippen LogP contribution in [0.5, 0.6) is 0 Å². The second-order valence-corrected chi connectivity index (χ2v) is 49.4. The Morgan fingerprint density at radius 3 is 0.800 bits per heavy atom. The van der Waals surface area contributed by atoms with Crippen LogP contribution in [0.3, 0.4) is 0 Å². The molecule has 15 heavy (non-hydrogen) atoms. The molecule has 4 heteroatoms. The van der Waals surface area contributed by atoms with Gasteiger partial charge in [0, 0.05) is 29.4 Å². The zero-order valence-corrected chi connectivity index (χ0v) is 16.4. The maximum atomic E-state index is 4.42. The Labute approximate surface area is 101 Å². The Kier molecular flexibility index (Phi) is 4.52. The lowest BCUT2D eigenvalue weighted by Crippen LogP contribution is -2.82. The third-order valence-electron chi connectivity index (χ3n) is 4.22. The van der Waals surface area contributed by atoms with Gasteiger partial charge in [-0.3, -0.25) is 0 Å². The fourth-order valence-electron chi connectivity index (χ4n) is 4.50. The molecular weight excluding hydrogens is 244 g/mol. The lowest BCUT2D eigenvalue weighted by Gasteiger charge is -2.57. The minimum absolute atomic E-state index is 1.01. The van der Waals surface area contributed by atoms with Crippen molar-refractivity contribution in [1.29, 1.82) is 0 Å². The first-order valence-electron chi connectivity index (χ1n) is 6.10. The standard InChI is InChI=1S/C11H31Si4/c1-11-15(12(2,3)4,13(5,6)7)14(8,9)10/h1,11H2,2-10H3. The van der Waals surface area contributed by atoms with Crippen LogP contribution < -0.4 is 0 Å². The van der Waals surface area contributed by atoms with E-state index >= 15 is 0 Å². The molecule has 0 aromatic heterocycles. The van der Waals surface area contributed by atoms with E-state index in [0.717, 1.165) is 0 Å². The summed E-state index contributed by atoms with van der Waals surface area (Å²) in [4.78, 5) is 0. The van der Waals surface area contributed by atoms with E-state index < -0.39 is 29.4 Å². The molecule has 0 rings (SSSR count). The molecular formula is C11H31Si4. The molecule has 0 atom stereocenters. The van der Waals surface area contributed by atoms with Gasteiger partial charge in [-0.1, -0.05) is 71.9 Å². The summed E-state index contributed by atoms with van der Waals surface area (Å²) in [5.41, 5.74) is 0. The molecule has 0 aromatic carbocycles. The summed E-state index contributed by atoms with van der Waals surface area (Å²) in [6, 6.07) is 1.31. The van der Waals surface area contributed by atoms with Gasteiger partial charge in [-0.05, 0) is 0 Å². The van der Waals surface area contributed by atoms with E-state index in [1.807, 2.05) is 0 Å².